The van der Waals surface area contributed by atoms with Crippen LogP contribution in [-0.2, 0) is 0 Å². The highest BCUT2D eigenvalue weighted by atomic mass is 35.5. The van der Waals surface area contributed by atoms with E-state index in [1.54, 1.807) is 28.5 Å². The van der Waals surface area contributed by atoms with Gasteiger partial charge in [-0.25, -0.2) is 4.98 Å². The first-order valence-corrected chi connectivity index (χ1v) is 9.07. The molecule has 1 aliphatic heterocycles. The molecule has 0 atom stereocenters. The molecule has 1 N–H and O–H groups in total. The van der Waals surface area contributed by atoms with E-state index in [0.29, 0.717) is 33.8 Å². The number of nitrogens with one attached hydrogen (secondary N) is 1. The van der Waals surface area contributed by atoms with Crippen molar-refractivity contribution in [1.29, 1.82) is 5.26 Å². The topological polar surface area (TPSA) is 69.0 Å². The molecule has 1 amide bonds. The maximum Gasteiger partial charge on any atom is 0.273 e. The molecule has 3 rings (SSSR count). The summed E-state index contributed by atoms with van der Waals surface area (Å²) in [4.78, 5) is 18.8. The number of amides is 1. The summed E-state index contributed by atoms with van der Waals surface area (Å²) in [5.74, 6) is -0.0852. The second-order valence-corrected chi connectivity index (χ2v) is 7.19. The number of nitrogens with zero attached hydrogens (tertiary/aromatic N) is 3. The Balaban J connectivity index is 1.72. The van der Waals surface area contributed by atoms with Crippen LogP contribution in [0.5, 0.6) is 0 Å². The van der Waals surface area contributed by atoms with Crippen molar-refractivity contribution in [2.75, 3.05) is 13.1 Å². The Kier molecular flexibility index (Phi) is 5.24. The molecule has 24 heavy (non-hydrogen) atoms. The number of nitriles is 1. The van der Waals surface area contributed by atoms with Gasteiger partial charge in [0.15, 0.2) is 6.19 Å². The fourth-order valence-corrected chi connectivity index (χ4v) is 4.03. The Labute approximate surface area is 153 Å². The SMILES string of the molecule is N#CNC1CCN(C(=O)c2csc(-c3ccc(Cl)cc3Cl)n2)CC1. The molecule has 124 valence electrons. The van der Waals surface area contributed by atoms with Crippen LogP contribution < -0.4 is 5.32 Å². The summed E-state index contributed by atoms with van der Waals surface area (Å²) in [7, 11) is 0. The van der Waals surface area contributed by atoms with Crippen molar-refractivity contribution >= 4 is 40.4 Å². The molecule has 0 saturated carbocycles. The minimum absolute atomic E-state index is 0.0852. The molecule has 2 aromatic rings. The fourth-order valence-electron chi connectivity index (χ4n) is 2.64. The van der Waals surface area contributed by atoms with Crippen LogP contribution in [0.4, 0.5) is 0 Å². The van der Waals surface area contributed by atoms with E-state index in [9.17, 15) is 4.79 Å². The molecule has 0 spiro atoms. The Bertz CT molecular complexity index is 794. The van der Waals surface area contributed by atoms with Gasteiger partial charge in [0.05, 0.1) is 5.02 Å². The second-order valence-electron chi connectivity index (χ2n) is 5.48. The van der Waals surface area contributed by atoms with Crippen LogP contribution >= 0.6 is 34.5 Å². The number of aromatic nitrogens is 1. The number of thiazole rings is 1. The molecule has 1 aromatic carbocycles. The Morgan fingerprint density at radius 2 is 2.12 bits per heavy atom. The van der Waals surface area contributed by atoms with Crippen LogP contribution in [0.3, 0.4) is 0 Å². The largest absolute Gasteiger partial charge is 0.337 e. The van der Waals surface area contributed by atoms with Gasteiger partial charge in [-0.05, 0) is 31.0 Å². The monoisotopic (exact) mass is 380 g/mol. The summed E-state index contributed by atoms with van der Waals surface area (Å²) in [6.45, 7) is 1.24. The van der Waals surface area contributed by atoms with E-state index < -0.39 is 0 Å². The predicted molar refractivity (Wildman–Crippen MR) is 95.2 cm³/mol. The van der Waals surface area contributed by atoms with E-state index in [4.69, 9.17) is 28.5 Å². The third kappa shape index (κ3) is 3.64. The average Bonchev–Trinajstić information content (AvgIpc) is 3.05. The Morgan fingerprint density at radius 3 is 2.79 bits per heavy atom. The summed E-state index contributed by atoms with van der Waals surface area (Å²) in [6, 6.07) is 5.36. The minimum atomic E-state index is -0.0852. The molecule has 0 bridgehead atoms. The van der Waals surface area contributed by atoms with Gasteiger partial charge >= 0.3 is 0 Å². The van der Waals surface area contributed by atoms with Gasteiger partial charge in [0.2, 0.25) is 0 Å². The van der Waals surface area contributed by atoms with E-state index in [0.717, 1.165) is 18.4 Å². The number of benzene rings is 1. The number of hydrogen-bond donors (Lipinski definition) is 1. The van der Waals surface area contributed by atoms with E-state index in [-0.39, 0.29) is 11.9 Å². The van der Waals surface area contributed by atoms with Crippen LogP contribution in [0, 0.1) is 11.5 Å². The van der Waals surface area contributed by atoms with E-state index >= 15 is 0 Å². The molecule has 0 unspecified atom stereocenters. The number of carbonyl (C=O) groups is 1. The molecule has 0 radical (unpaired) electrons. The summed E-state index contributed by atoms with van der Waals surface area (Å²) in [6.07, 6.45) is 3.48. The number of hydrogen-bond acceptors (Lipinski definition) is 5. The molecular weight excluding hydrogens is 367 g/mol. The van der Waals surface area contributed by atoms with Crippen molar-refractivity contribution in [3.8, 4) is 16.8 Å². The molecular formula is C16H14Cl2N4OS. The van der Waals surface area contributed by atoms with Crippen LogP contribution in [0.2, 0.25) is 10.0 Å². The lowest BCUT2D eigenvalue weighted by Gasteiger charge is -2.30. The number of rotatable bonds is 3. The molecule has 5 nitrogen and oxygen atoms in total. The van der Waals surface area contributed by atoms with Gasteiger partial charge in [-0.15, -0.1) is 11.3 Å². The van der Waals surface area contributed by atoms with Crippen molar-refractivity contribution in [3.05, 3.63) is 39.3 Å². The number of likely N-dealkylation sites (tertiary alicyclic amines) is 1. The zero-order valence-electron chi connectivity index (χ0n) is 12.6. The first-order chi connectivity index (χ1) is 11.6. The van der Waals surface area contributed by atoms with Crippen LogP contribution in [0.25, 0.3) is 10.6 Å². The summed E-state index contributed by atoms with van der Waals surface area (Å²) in [5, 5.41) is 14.9. The average molecular weight is 381 g/mol. The van der Waals surface area contributed by atoms with Gasteiger partial charge in [-0.1, -0.05) is 23.2 Å². The van der Waals surface area contributed by atoms with Gasteiger partial charge in [0.25, 0.3) is 5.91 Å². The van der Waals surface area contributed by atoms with E-state index in [2.05, 4.69) is 10.3 Å². The highest BCUT2D eigenvalue weighted by Gasteiger charge is 2.25. The molecule has 0 aliphatic carbocycles. The third-order valence-corrected chi connectivity index (χ3v) is 5.36. The highest BCUT2D eigenvalue weighted by Crippen LogP contribution is 2.32. The normalized spacial score (nSPS) is 15.1. The van der Waals surface area contributed by atoms with Crippen LogP contribution in [-0.4, -0.2) is 34.9 Å². The number of halogens is 2. The lowest BCUT2D eigenvalue weighted by atomic mass is 10.1. The third-order valence-electron chi connectivity index (χ3n) is 3.94. The molecule has 1 fully saturated rings. The lowest BCUT2D eigenvalue weighted by molar-refractivity contribution is 0.0704. The van der Waals surface area contributed by atoms with Gasteiger partial charge < -0.3 is 10.2 Å². The Hall–Kier alpha value is -1.81. The number of carbonyl (C=O) groups excluding carboxylic acids is 1. The lowest BCUT2D eigenvalue weighted by Crippen LogP contribution is -2.43. The predicted octanol–water partition coefficient (Wildman–Crippen LogP) is 3.79. The van der Waals surface area contributed by atoms with Crippen molar-refractivity contribution in [2.45, 2.75) is 18.9 Å². The maximum absolute atomic E-state index is 12.6. The maximum atomic E-state index is 12.6. The second kappa shape index (κ2) is 7.39. The fraction of sp³-hybridized carbons (Fsp3) is 0.312. The number of piperidine rings is 1. The first-order valence-electron chi connectivity index (χ1n) is 7.43. The zero-order valence-corrected chi connectivity index (χ0v) is 15.0. The minimum Gasteiger partial charge on any atom is -0.337 e. The van der Waals surface area contributed by atoms with Gasteiger partial charge in [0, 0.05) is 35.1 Å². The molecule has 2 heterocycles. The molecule has 1 aromatic heterocycles. The van der Waals surface area contributed by atoms with Crippen molar-refractivity contribution in [2.24, 2.45) is 0 Å². The zero-order chi connectivity index (χ0) is 17.1. The van der Waals surface area contributed by atoms with Gasteiger partial charge in [-0.2, -0.15) is 5.26 Å². The van der Waals surface area contributed by atoms with Gasteiger partial charge in [0.1, 0.15) is 10.7 Å². The smallest absolute Gasteiger partial charge is 0.273 e. The molecule has 1 saturated heterocycles. The standard InChI is InChI=1S/C16H14Cl2N4OS/c17-10-1-2-12(13(18)7-10)15-21-14(8-24-15)16(23)22-5-3-11(4-6-22)20-9-19/h1-2,7-8,11,20H,3-6H2. The van der Waals surface area contributed by atoms with Crippen LogP contribution in [0.15, 0.2) is 23.6 Å². The summed E-state index contributed by atoms with van der Waals surface area (Å²) < 4.78 is 0. The van der Waals surface area contributed by atoms with Gasteiger partial charge in [-0.3, -0.25) is 4.79 Å². The van der Waals surface area contributed by atoms with Crippen molar-refractivity contribution < 1.29 is 4.79 Å². The van der Waals surface area contributed by atoms with Crippen molar-refractivity contribution in [3.63, 3.8) is 0 Å². The first kappa shape index (κ1) is 17.0. The Morgan fingerprint density at radius 1 is 1.38 bits per heavy atom. The quantitative estimate of drug-likeness (QED) is 0.649. The molecule has 8 heteroatoms. The highest BCUT2D eigenvalue weighted by molar-refractivity contribution is 7.13. The van der Waals surface area contributed by atoms with Crippen LogP contribution in [0.1, 0.15) is 23.3 Å². The summed E-state index contributed by atoms with van der Waals surface area (Å²) >= 11 is 13.5. The summed E-state index contributed by atoms with van der Waals surface area (Å²) in [5.41, 5.74) is 1.19. The molecule has 1 aliphatic rings. The van der Waals surface area contributed by atoms with Crippen molar-refractivity contribution in [1.82, 2.24) is 15.2 Å². The van der Waals surface area contributed by atoms with E-state index in [1.807, 2.05) is 6.19 Å². The van der Waals surface area contributed by atoms with E-state index in [1.165, 1.54) is 11.3 Å².